The maximum Gasteiger partial charge on any atom is 0.294 e. The number of benzene rings is 3. The zero-order chi connectivity index (χ0) is 49.6. The Bertz CT molecular complexity index is 2330. The second-order valence-electron chi connectivity index (χ2n) is 14.9. The molecule has 2 heterocycles. The molecule has 15 nitrogen and oxygen atoms in total. The summed E-state index contributed by atoms with van der Waals surface area (Å²) in [5.74, 6) is -1.52. The Morgan fingerprint density at radius 2 is 0.985 bits per heavy atom. The van der Waals surface area contributed by atoms with Gasteiger partial charge >= 0.3 is 0 Å². The van der Waals surface area contributed by atoms with Gasteiger partial charge in [0.05, 0.1) is 44.1 Å². The topological polar surface area (TPSA) is 184 Å². The third-order valence-electron chi connectivity index (χ3n) is 11.0. The van der Waals surface area contributed by atoms with Crippen LogP contribution in [0, 0.1) is 5.92 Å². The molecule has 0 fully saturated rings. The number of rotatable bonds is 17. The van der Waals surface area contributed by atoms with Crippen LogP contribution in [0.2, 0.25) is 0 Å². The zero-order valence-corrected chi connectivity index (χ0v) is 42.2. The van der Waals surface area contributed by atoms with Crippen LogP contribution in [0.4, 0.5) is 11.4 Å². The second-order valence-corrected chi connectivity index (χ2v) is 17.7. The van der Waals surface area contributed by atoms with E-state index < -0.39 is 32.1 Å². The van der Waals surface area contributed by atoms with Gasteiger partial charge in [-0.1, -0.05) is 111 Å². The lowest BCUT2D eigenvalue weighted by Gasteiger charge is -2.13. The first-order valence-electron chi connectivity index (χ1n) is 22.5. The van der Waals surface area contributed by atoms with Crippen molar-refractivity contribution in [2.45, 2.75) is 86.0 Å². The highest BCUT2D eigenvalue weighted by Crippen LogP contribution is 2.29. The molecule has 362 valence electrons. The molecule has 66 heavy (non-hydrogen) atoms. The van der Waals surface area contributed by atoms with Crippen molar-refractivity contribution in [1.82, 2.24) is 14.7 Å². The van der Waals surface area contributed by atoms with E-state index in [-0.39, 0.29) is 15.7 Å². The summed E-state index contributed by atoms with van der Waals surface area (Å²) in [6.07, 6.45) is 6.77. The molecular weight excluding hydrogens is 879 g/mol. The van der Waals surface area contributed by atoms with Gasteiger partial charge in [-0.2, -0.15) is 37.1 Å². The first kappa shape index (κ1) is 57.0. The smallest absolute Gasteiger partial charge is 0.294 e. The number of hydrogen-bond acceptors (Lipinski definition) is 11. The van der Waals surface area contributed by atoms with Crippen molar-refractivity contribution in [1.29, 1.82) is 0 Å². The van der Waals surface area contributed by atoms with E-state index in [1.807, 2.05) is 30.3 Å². The predicted octanol–water partition coefficient (Wildman–Crippen LogP) is 8.55. The number of carbonyl (C=O) groups excluding carboxylic acids is 2. The lowest BCUT2D eigenvalue weighted by Crippen LogP contribution is -2.25. The maximum absolute atomic E-state index is 13.3. The van der Waals surface area contributed by atoms with Crippen LogP contribution < -0.4 is 10.0 Å². The highest BCUT2D eigenvalue weighted by Gasteiger charge is 2.33. The van der Waals surface area contributed by atoms with Crippen LogP contribution in [0.1, 0.15) is 81.7 Å². The molecule has 2 aliphatic heterocycles. The van der Waals surface area contributed by atoms with Crippen LogP contribution in [0.5, 0.6) is 0 Å². The fraction of sp³-hybridized carbons (Fsp3) is 0.429. The number of nitrogens with zero attached hydrogens (tertiary/aromatic N) is 7. The van der Waals surface area contributed by atoms with Crippen molar-refractivity contribution in [3.63, 3.8) is 0 Å². The number of hydrogen-bond donors (Lipinski definition) is 2. The zero-order valence-electron chi connectivity index (χ0n) is 40.5. The monoisotopic (exact) mass is 949 g/mol. The van der Waals surface area contributed by atoms with Crippen LogP contribution >= 0.6 is 0 Å². The van der Waals surface area contributed by atoms with E-state index in [2.05, 4.69) is 87.2 Å². The molecular formula is C49H71N7O8S2. The summed E-state index contributed by atoms with van der Waals surface area (Å²) in [6.45, 7) is 33.7. The molecule has 3 aromatic carbocycles. The fourth-order valence-electron chi connectivity index (χ4n) is 6.65. The Balaban J connectivity index is 0.000000589. The molecule has 0 radical (unpaired) electrons. The first-order valence-corrected chi connectivity index (χ1v) is 25.4. The highest BCUT2D eigenvalue weighted by molar-refractivity contribution is 7.86. The molecule has 0 spiro atoms. The lowest BCUT2D eigenvalue weighted by molar-refractivity contribution is -0.118. The van der Waals surface area contributed by atoms with E-state index in [1.165, 1.54) is 112 Å². The van der Waals surface area contributed by atoms with Gasteiger partial charge in [-0.25, -0.2) is 0 Å². The van der Waals surface area contributed by atoms with Gasteiger partial charge in [0.2, 0.25) is 0 Å². The molecule has 0 saturated heterocycles. The number of amides is 2. The number of anilines is 2. The molecule has 1 unspecified atom stereocenters. The molecule has 0 saturated carbocycles. The number of allylic oxidation sites excluding steroid dienone is 4. The molecule has 2 N–H and O–H groups in total. The quantitative estimate of drug-likeness (QED) is 0.0751. The minimum absolute atomic E-state index is 0.296. The summed E-state index contributed by atoms with van der Waals surface area (Å²) >= 11 is 0. The standard InChI is InChI=1S/C31H26N4O8S2.3C6H15N/c1-20-28(30(36)34(32-20)24-10-14-26(15-11-24)44(38,39)40)18-8-23(22-6-4-3-5-7-22)9-19-29-21(2)33-35(31(29)37)25-12-16-27(17-13-25)45(41,42)43;3*1-4-7(5-2)6-3/h3-19,28H,1-2H3,(H,38,39,40)(H,41,42,43);3*4-6H2,1-3H3/b18-8+,23-9-,29-19-;;;. The second kappa shape index (κ2) is 28.1. The van der Waals surface area contributed by atoms with E-state index in [1.54, 1.807) is 38.2 Å². The SMILES string of the molecule is CC1=NN(c2ccc(S(=O)(=O)O)cc2)C(=O)\C1=C/C=C(/C=C/C1C(=O)N(c2ccc(S(=O)(=O)O)cc2)N=C1C)c1ccccc1.CCN(CC)CC.CCN(CC)CC.CCN(CC)CC. The molecule has 2 aliphatic rings. The summed E-state index contributed by atoms with van der Waals surface area (Å²) < 4.78 is 63.9. The lowest BCUT2D eigenvalue weighted by atomic mass is 9.99. The highest BCUT2D eigenvalue weighted by atomic mass is 32.2. The van der Waals surface area contributed by atoms with E-state index in [9.17, 15) is 35.5 Å². The Hall–Kier alpha value is -5.14. The third kappa shape index (κ3) is 17.3. The van der Waals surface area contributed by atoms with Crippen molar-refractivity contribution < 1.29 is 35.5 Å². The van der Waals surface area contributed by atoms with Crippen molar-refractivity contribution in [3.8, 4) is 0 Å². The minimum atomic E-state index is -4.39. The van der Waals surface area contributed by atoms with E-state index in [0.717, 1.165) is 10.6 Å². The number of hydrazone groups is 2. The molecule has 2 amide bonds. The molecule has 0 aliphatic carbocycles. The van der Waals surface area contributed by atoms with E-state index >= 15 is 0 Å². The van der Waals surface area contributed by atoms with Crippen molar-refractivity contribution in [3.05, 3.63) is 114 Å². The van der Waals surface area contributed by atoms with Gasteiger partial charge in [0, 0.05) is 0 Å². The van der Waals surface area contributed by atoms with Crippen LogP contribution in [-0.2, 0) is 29.8 Å². The van der Waals surface area contributed by atoms with Crippen molar-refractivity contribution >= 4 is 60.4 Å². The van der Waals surface area contributed by atoms with Crippen molar-refractivity contribution in [2.24, 2.45) is 16.1 Å². The Labute approximate surface area is 394 Å². The maximum atomic E-state index is 13.3. The normalized spacial score (nSPS) is 16.0. The molecule has 17 heteroatoms. The first-order chi connectivity index (χ1) is 31.3. The van der Waals surface area contributed by atoms with Gasteiger partial charge in [-0.05, 0) is 138 Å². The largest absolute Gasteiger partial charge is 0.304 e. The summed E-state index contributed by atoms with van der Waals surface area (Å²) in [6, 6.07) is 19.5. The van der Waals surface area contributed by atoms with Gasteiger partial charge in [0.15, 0.2) is 0 Å². The van der Waals surface area contributed by atoms with Crippen LogP contribution in [0.15, 0.2) is 129 Å². The summed E-state index contributed by atoms with van der Waals surface area (Å²) in [5, 5.41) is 11.0. The molecule has 5 rings (SSSR count). The molecule has 3 aromatic rings. The summed E-state index contributed by atoms with van der Waals surface area (Å²) in [7, 11) is -8.78. The molecule has 0 aromatic heterocycles. The van der Waals surface area contributed by atoms with Crippen LogP contribution in [-0.4, -0.2) is 123 Å². The van der Waals surface area contributed by atoms with Gasteiger partial charge in [0.1, 0.15) is 0 Å². The van der Waals surface area contributed by atoms with Gasteiger partial charge in [0.25, 0.3) is 32.1 Å². The van der Waals surface area contributed by atoms with E-state index in [4.69, 9.17) is 0 Å². The Morgan fingerprint density at radius 3 is 1.35 bits per heavy atom. The van der Waals surface area contributed by atoms with Gasteiger partial charge in [-0.15, -0.1) is 0 Å². The average Bonchev–Trinajstić information content (AvgIpc) is 3.76. The third-order valence-corrected chi connectivity index (χ3v) is 12.8. The fourth-order valence-corrected chi connectivity index (χ4v) is 7.61. The molecule has 1 atom stereocenters. The summed E-state index contributed by atoms with van der Waals surface area (Å²) in [4.78, 5) is 33.1. The van der Waals surface area contributed by atoms with Crippen molar-refractivity contribution in [2.75, 3.05) is 68.9 Å². The van der Waals surface area contributed by atoms with Crippen LogP contribution in [0.25, 0.3) is 5.57 Å². The minimum Gasteiger partial charge on any atom is -0.304 e. The van der Waals surface area contributed by atoms with Crippen LogP contribution in [0.3, 0.4) is 0 Å². The Kier molecular flexibility index (Phi) is 24.3. The Morgan fingerprint density at radius 1 is 0.591 bits per heavy atom. The number of carbonyl (C=O) groups is 2. The van der Waals surface area contributed by atoms with E-state index in [0.29, 0.717) is 33.9 Å². The van der Waals surface area contributed by atoms with Gasteiger partial charge < -0.3 is 14.7 Å². The summed E-state index contributed by atoms with van der Waals surface area (Å²) in [5.41, 5.74) is 3.36. The predicted molar refractivity (Wildman–Crippen MR) is 269 cm³/mol. The average molecular weight is 950 g/mol. The molecule has 0 bridgehead atoms. The van der Waals surface area contributed by atoms with Gasteiger partial charge in [-0.3, -0.25) is 18.7 Å².